The second-order valence-electron chi connectivity index (χ2n) is 2.68. The van der Waals surface area contributed by atoms with Crippen LogP contribution < -0.4 is 4.74 Å². The molecule has 0 unspecified atom stereocenters. The molecule has 5 heteroatoms. The summed E-state index contributed by atoms with van der Waals surface area (Å²) in [5, 5.41) is 6.58. The summed E-state index contributed by atoms with van der Waals surface area (Å²) >= 11 is 3.41. The van der Waals surface area contributed by atoms with Gasteiger partial charge in [0.2, 0.25) is 0 Å². The van der Waals surface area contributed by atoms with Crippen LogP contribution in [-0.2, 0) is 0 Å². The standard InChI is InChI=1S/C9H8BrN3O/c1-14-8-3-2-6(4-7(8)10)9-11-5-12-13-9/h2-5H,1H3,(H,11,12,13). The van der Waals surface area contributed by atoms with Crippen molar-refractivity contribution in [2.24, 2.45) is 0 Å². The number of H-pyrrole nitrogens is 1. The summed E-state index contributed by atoms with van der Waals surface area (Å²) in [6.45, 7) is 0. The van der Waals surface area contributed by atoms with Crippen molar-refractivity contribution in [3.8, 4) is 17.1 Å². The number of rotatable bonds is 2. The first-order valence-corrected chi connectivity index (χ1v) is 4.80. The number of benzene rings is 1. The summed E-state index contributed by atoms with van der Waals surface area (Å²) in [6, 6.07) is 5.73. The van der Waals surface area contributed by atoms with Gasteiger partial charge in [0, 0.05) is 5.56 Å². The first kappa shape index (κ1) is 9.21. The molecule has 1 aromatic carbocycles. The minimum absolute atomic E-state index is 0.744. The van der Waals surface area contributed by atoms with E-state index in [2.05, 4.69) is 31.1 Å². The van der Waals surface area contributed by atoms with Crippen molar-refractivity contribution in [3.63, 3.8) is 0 Å². The highest BCUT2D eigenvalue weighted by atomic mass is 79.9. The van der Waals surface area contributed by atoms with Crippen LogP contribution in [-0.4, -0.2) is 22.3 Å². The van der Waals surface area contributed by atoms with Crippen LogP contribution in [0.5, 0.6) is 5.75 Å². The Balaban J connectivity index is 2.43. The van der Waals surface area contributed by atoms with Gasteiger partial charge in [-0.1, -0.05) is 0 Å². The van der Waals surface area contributed by atoms with Gasteiger partial charge in [-0.3, -0.25) is 5.10 Å². The highest BCUT2D eigenvalue weighted by Gasteiger charge is 2.04. The molecule has 0 amide bonds. The molecule has 1 heterocycles. The van der Waals surface area contributed by atoms with Crippen LogP contribution in [0, 0.1) is 0 Å². The lowest BCUT2D eigenvalue weighted by Gasteiger charge is -2.03. The van der Waals surface area contributed by atoms with Crippen molar-refractivity contribution in [3.05, 3.63) is 29.0 Å². The van der Waals surface area contributed by atoms with E-state index in [1.165, 1.54) is 6.33 Å². The van der Waals surface area contributed by atoms with Gasteiger partial charge in [-0.05, 0) is 34.1 Å². The number of methoxy groups -OCH3 is 1. The summed E-state index contributed by atoms with van der Waals surface area (Å²) in [6.07, 6.45) is 1.48. The zero-order chi connectivity index (χ0) is 9.97. The SMILES string of the molecule is COc1ccc(-c2ncn[nH]2)cc1Br. The van der Waals surface area contributed by atoms with Crippen LogP contribution in [0.1, 0.15) is 0 Å². The number of nitrogens with one attached hydrogen (secondary N) is 1. The molecule has 0 saturated heterocycles. The van der Waals surface area contributed by atoms with Crippen LogP contribution in [0.2, 0.25) is 0 Å². The predicted molar refractivity (Wildman–Crippen MR) is 56.1 cm³/mol. The zero-order valence-electron chi connectivity index (χ0n) is 7.49. The summed E-state index contributed by atoms with van der Waals surface area (Å²) in [5.74, 6) is 1.54. The Labute approximate surface area is 89.5 Å². The maximum Gasteiger partial charge on any atom is 0.155 e. The molecule has 0 fully saturated rings. The van der Waals surface area contributed by atoms with Crippen molar-refractivity contribution in [1.82, 2.24) is 15.2 Å². The fraction of sp³-hybridized carbons (Fsp3) is 0.111. The van der Waals surface area contributed by atoms with E-state index in [4.69, 9.17) is 4.74 Å². The Morgan fingerprint density at radius 1 is 1.43 bits per heavy atom. The minimum Gasteiger partial charge on any atom is -0.496 e. The largest absolute Gasteiger partial charge is 0.496 e. The Morgan fingerprint density at radius 3 is 2.86 bits per heavy atom. The lowest BCUT2D eigenvalue weighted by Crippen LogP contribution is -1.86. The van der Waals surface area contributed by atoms with E-state index >= 15 is 0 Å². The summed E-state index contributed by atoms with van der Waals surface area (Å²) in [7, 11) is 1.63. The van der Waals surface area contributed by atoms with Gasteiger partial charge >= 0.3 is 0 Å². The molecular formula is C9H8BrN3O. The summed E-state index contributed by atoms with van der Waals surface area (Å²) in [4.78, 5) is 4.05. The van der Waals surface area contributed by atoms with Crippen LogP contribution in [0.4, 0.5) is 0 Å². The van der Waals surface area contributed by atoms with E-state index < -0.39 is 0 Å². The molecule has 0 aliphatic carbocycles. The topological polar surface area (TPSA) is 50.8 Å². The van der Waals surface area contributed by atoms with E-state index in [0.717, 1.165) is 21.6 Å². The van der Waals surface area contributed by atoms with Crippen molar-refractivity contribution in [2.75, 3.05) is 7.11 Å². The first-order chi connectivity index (χ1) is 6.81. The van der Waals surface area contributed by atoms with Gasteiger partial charge in [0.25, 0.3) is 0 Å². The second-order valence-corrected chi connectivity index (χ2v) is 3.54. The third kappa shape index (κ3) is 1.63. The van der Waals surface area contributed by atoms with Gasteiger partial charge < -0.3 is 4.74 Å². The normalized spacial score (nSPS) is 10.1. The average Bonchev–Trinajstić information content (AvgIpc) is 2.70. The minimum atomic E-state index is 0.744. The number of aromatic amines is 1. The lowest BCUT2D eigenvalue weighted by atomic mass is 10.2. The molecule has 0 aliphatic rings. The lowest BCUT2D eigenvalue weighted by molar-refractivity contribution is 0.412. The predicted octanol–water partition coefficient (Wildman–Crippen LogP) is 2.24. The quantitative estimate of drug-likeness (QED) is 0.894. The number of hydrogen-bond acceptors (Lipinski definition) is 3. The molecule has 1 N–H and O–H groups in total. The van der Waals surface area contributed by atoms with Crippen molar-refractivity contribution >= 4 is 15.9 Å². The smallest absolute Gasteiger partial charge is 0.155 e. The maximum absolute atomic E-state index is 5.12. The van der Waals surface area contributed by atoms with Crippen molar-refractivity contribution in [1.29, 1.82) is 0 Å². The molecule has 14 heavy (non-hydrogen) atoms. The van der Waals surface area contributed by atoms with Gasteiger partial charge in [-0.25, -0.2) is 4.98 Å². The Morgan fingerprint density at radius 2 is 2.29 bits per heavy atom. The highest BCUT2D eigenvalue weighted by Crippen LogP contribution is 2.28. The molecule has 0 aliphatic heterocycles. The van der Waals surface area contributed by atoms with Gasteiger partial charge in [0.05, 0.1) is 11.6 Å². The fourth-order valence-corrected chi connectivity index (χ4v) is 1.70. The molecule has 0 bridgehead atoms. The number of halogens is 1. The number of hydrogen-bond donors (Lipinski definition) is 1. The number of nitrogens with zero attached hydrogens (tertiary/aromatic N) is 2. The van der Waals surface area contributed by atoms with Gasteiger partial charge in [0.15, 0.2) is 5.82 Å². The Bertz CT molecular complexity index is 428. The second kappa shape index (κ2) is 3.79. The van der Waals surface area contributed by atoms with Gasteiger partial charge in [-0.15, -0.1) is 0 Å². The molecular weight excluding hydrogens is 246 g/mol. The molecule has 0 spiro atoms. The Hall–Kier alpha value is -1.36. The number of aromatic nitrogens is 3. The average molecular weight is 254 g/mol. The van der Waals surface area contributed by atoms with Crippen LogP contribution in [0.15, 0.2) is 29.0 Å². The van der Waals surface area contributed by atoms with Crippen molar-refractivity contribution < 1.29 is 4.74 Å². The van der Waals surface area contributed by atoms with Crippen LogP contribution in [0.25, 0.3) is 11.4 Å². The third-order valence-electron chi connectivity index (χ3n) is 1.84. The third-order valence-corrected chi connectivity index (χ3v) is 2.46. The maximum atomic E-state index is 5.12. The summed E-state index contributed by atoms with van der Waals surface area (Å²) in [5.41, 5.74) is 0.968. The van der Waals surface area contributed by atoms with Crippen molar-refractivity contribution in [2.45, 2.75) is 0 Å². The molecule has 1 aromatic heterocycles. The number of ether oxygens (including phenoxy) is 1. The fourth-order valence-electron chi connectivity index (χ4n) is 1.16. The van der Waals surface area contributed by atoms with E-state index in [1.807, 2.05) is 18.2 Å². The molecule has 72 valence electrons. The van der Waals surface area contributed by atoms with E-state index in [1.54, 1.807) is 7.11 Å². The first-order valence-electron chi connectivity index (χ1n) is 4.00. The van der Waals surface area contributed by atoms with Crippen LogP contribution >= 0.6 is 15.9 Å². The molecule has 2 aromatic rings. The molecule has 0 atom stereocenters. The van der Waals surface area contributed by atoms with E-state index in [9.17, 15) is 0 Å². The van der Waals surface area contributed by atoms with Crippen LogP contribution in [0.3, 0.4) is 0 Å². The molecule has 0 saturated carbocycles. The van der Waals surface area contributed by atoms with E-state index in [-0.39, 0.29) is 0 Å². The molecule has 2 rings (SSSR count). The highest BCUT2D eigenvalue weighted by molar-refractivity contribution is 9.10. The van der Waals surface area contributed by atoms with E-state index in [0.29, 0.717) is 0 Å². The summed E-state index contributed by atoms with van der Waals surface area (Å²) < 4.78 is 6.02. The van der Waals surface area contributed by atoms with Gasteiger partial charge in [0.1, 0.15) is 12.1 Å². The van der Waals surface area contributed by atoms with Gasteiger partial charge in [-0.2, -0.15) is 5.10 Å². The zero-order valence-corrected chi connectivity index (χ0v) is 9.08. The Kier molecular flexibility index (Phi) is 2.49. The molecule has 4 nitrogen and oxygen atoms in total. The molecule has 0 radical (unpaired) electrons. The monoisotopic (exact) mass is 253 g/mol.